The zero-order valence-corrected chi connectivity index (χ0v) is 7.13. The molecule has 0 amide bonds. The summed E-state index contributed by atoms with van der Waals surface area (Å²) in [7, 11) is 0. The molecule has 0 aromatic heterocycles. The van der Waals surface area contributed by atoms with Gasteiger partial charge in [0.15, 0.2) is 0 Å². The number of thioether (sulfide) groups is 1. The van der Waals surface area contributed by atoms with Crippen molar-refractivity contribution in [2.75, 3.05) is 5.75 Å². The van der Waals surface area contributed by atoms with Crippen LogP contribution in [-0.4, -0.2) is 5.75 Å². The zero-order valence-electron chi connectivity index (χ0n) is 6.31. The van der Waals surface area contributed by atoms with Crippen molar-refractivity contribution in [2.24, 2.45) is 0 Å². The van der Waals surface area contributed by atoms with Crippen molar-refractivity contribution in [1.29, 1.82) is 0 Å². The van der Waals surface area contributed by atoms with E-state index in [1.54, 1.807) is 11.8 Å². The molecule has 0 aromatic rings. The molecule has 1 rings (SSSR count). The van der Waals surface area contributed by atoms with Crippen molar-refractivity contribution in [2.45, 2.75) is 19.8 Å². The Hall–Kier alpha value is -0.170. The van der Waals surface area contributed by atoms with E-state index in [1.807, 2.05) is 0 Å². The molecule has 0 bridgehead atoms. The maximum Gasteiger partial charge on any atom is 0.00876 e. The molecule has 0 N–H and O–H groups in total. The van der Waals surface area contributed by atoms with E-state index in [4.69, 9.17) is 6.92 Å². The van der Waals surface area contributed by atoms with Crippen molar-refractivity contribution >= 4 is 11.8 Å². The predicted octanol–water partition coefficient (Wildman–Crippen LogP) is 3.05. The molecule has 0 unspecified atom stereocenters. The Morgan fingerprint density at radius 1 is 1.60 bits per heavy atom. The Bertz CT molecular complexity index is 177. The lowest BCUT2D eigenvalue weighted by Gasteiger charge is -2.00. The normalized spacial score (nSPS) is 18.8. The summed E-state index contributed by atoms with van der Waals surface area (Å²) in [4.78, 5) is 1.35. The molecule has 0 atom stereocenters. The minimum atomic E-state index is 0.672. The van der Waals surface area contributed by atoms with Gasteiger partial charge in [-0.25, -0.2) is 0 Å². The third-order valence-corrected chi connectivity index (χ3v) is 2.83. The van der Waals surface area contributed by atoms with Gasteiger partial charge < -0.3 is 0 Å². The number of rotatable bonds is 2. The number of hydrogen-bond donors (Lipinski definition) is 0. The van der Waals surface area contributed by atoms with Gasteiger partial charge in [0.2, 0.25) is 0 Å². The monoisotopic (exact) mass is 152 g/mol. The van der Waals surface area contributed by atoms with E-state index < -0.39 is 0 Å². The molecule has 10 heavy (non-hydrogen) atoms. The lowest BCUT2D eigenvalue weighted by Crippen LogP contribution is -1.77. The Morgan fingerprint density at radius 2 is 2.30 bits per heavy atom. The van der Waals surface area contributed by atoms with E-state index in [9.17, 15) is 0 Å². The molecule has 0 aromatic carbocycles. The number of hydrogen-bond acceptors (Lipinski definition) is 1. The van der Waals surface area contributed by atoms with Gasteiger partial charge in [-0.05, 0) is 32.3 Å². The van der Waals surface area contributed by atoms with Gasteiger partial charge in [-0.2, -0.15) is 0 Å². The fraction of sp³-hybridized carbons (Fsp3) is 0.444. The van der Waals surface area contributed by atoms with Crippen LogP contribution in [0.2, 0.25) is 0 Å². The van der Waals surface area contributed by atoms with Crippen LogP contribution in [0.4, 0.5) is 0 Å². The molecule has 0 spiro atoms. The van der Waals surface area contributed by atoms with Crippen molar-refractivity contribution < 1.29 is 0 Å². The highest BCUT2D eigenvalue weighted by molar-refractivity contribution is 8.03. The van der Waals surface area contributed by atoms with Crippen molar-refractivity contribution in [3.63, 3.8) is 0 Å². The summed E-state index contributed by atoms with van der Waals surface area (Å²) in [6.45, 7) is 11.6. The maximum absolute atomic E-state index is 5.42. The van der Waals surface area contributed by atoms with Gasteiger partial charge in [0, 0.05) is 10.7 Å². The SMILES string of the molecule is [CH]CSC1=C(C)CCC1=C. The molecule has 1 aliphatic rings. The summed E-state index contributed by atoms with van der Waals surface area (Å²) in [5.41, 5.74) is 2.73. The van der Waals surface area contributed by atoms with Crippen LogP contribution in [0.3, 0.4) is 0 Å². The second-order valence-corrected chi connectivity index (χ2v) is 3.55. The van der Waals surface area contributed by atoms with E-state index in [2.05, 4.69) is 13.5 Å². The molecule has 0 aliphatic heterocycles. The molecule has 1 heteroatoms. The average molecular weight is 152 g/mol. The van der Waals surface area contributed by atoms with Crippen LogP contribution in [0.5, 0.6) is 0 Å². The third kappa shape index (κ3) is 1.46. The molecule has 54 valence electrons. The summed E-state index contributed by atoms with van der Waals surface area (Å²) in [5, 5.41) is 0. The molecule has 0 nitrogen and oxygen atoms in total. The maximum atomic E-state index is 5.42. The smallest absolute Gasteiger partial charge is 0.00876 e. The summed E-state index contributed by atoms with van der Waals surface area (Å²) in [5.74, 6) is 0.672. The topological polar surface area (TPSA) is 0 Å². The lowest BCUT2D eigenvalue weighted by atomic mass is 10.2. The fourth-order valence-electron chi connectivity index (χ4n) is 1.18. The van der Waals surface area contributed by atoms with Crippen LogP contribution in [0, 0.1) is 6.92 Å². The second-order valence-electron chi connectivity index (χ2n) is 2.52. The van der Waals surface area contributed by atoms with E-state index in [1.165, 1.54) is 22.5 Å². The first-order valence-corrected chi connectivity index (χ1v) is 4.45. The molecular weight excluding hydrogens is 140 g/mol. The highest BCUT2D eigenvalue weighted by Crippen LogP contribution is 2.37. The first-order chi connectivity index (χ1) is 4.75. The van der Waals surface area contributed by atoms with Crippen LogP contribution in [0.15, 0.2) is 22.6 Å². The molecule has 0 heterocycles. The summed E-state index contributed by atoms with van der Waals surface area (Å²) >= 11 is 1.71. The van der Waals surface area contributed by atoms with Gasteiger partial charge in [0.25, 0.3) is 0 Å². The van der Waals surface area contributed by atoms with E-state index in [0.717, 1.165) is 6.42 Å². The van der Waals surface area contributed by atoms with Gasteiger partial charge in [-0.1, -0.05) is 12.2 Å². The Labute approximate surface area is 67.4 Å². The second kappa shape index (κ2) is 3.29. The summed E-state index contributed by atoms with van der Waals surface area (Å²) in [6, 6.07) is 0. The van der Waals surface area contributed by atoms with Crippen LogP contribution >= 0.6 is 11.8 Å². The van der Waals surface area contributed by atoms with Gasteiger partial charge in [-0.3, -0.25) is 0 Å². The largest absolute Gasteiger partial charge is 0.126 e. The highest BCUT2D eigenvalue weighted by atomic mass is 32.2. The van der Waals surface area contributed by atoms with Crippen LogP contribution in [0.25, 0.3) is 0 Å². The average Bonchev–Trinajstić information content (AvgIpc) is 2.20. The van der Waals surface area contributed by atoms with E-state index >= 15 is 0 Å². The fourth-order valence-corrected chi connectivity index (χ4v) is 2.00. The van der Waals surface area contributed by atoms with Crippen LogP contribution in [0.1, 0.15) is 19.8 Å². The standard InChI is InChI=1S/C9H12S/c1-4-10-9-7(2)5-6-8(9)3/h1H,2,4-6H2,3H3. The summed E-state index contributed by atoms with van der Waals surface area (Å²) in [6.07, 6.45) is 2.31. The molecule has 0 saturated carbocycles. The number of allylic oxidation sites excluding steroid dienone is 2. The first-order valence-electron chi connectivity index (χ1n) is 3.46. The van der Waals surface area contributed by atoms with Gasteiger partial charge in [-0.15, -0.1) is 11.8 Å². The van der Waals surface area contributed by atoms with Gasteiger partial charge >= 0.3 is 0 Å². The zero-order chi connectivity index (χ0) is 7.56. The molecule has 2 radical (unpaired) electrons. The molecule has 1 aliphatic carbocycles. The Balaban J connectivity index is 2.68. The lowest BCUT2D eigenvalue weighted by molar-refractivity contribution is 1.01. The molecule has 0 saturated heterocycles. The predicted molar refractivity (Wildman–Crippen MR) is 47.8 cm³/mol. The van der Waals surface area contributed by atoms with Crippen LogP contribution < -0.4 is 0 Å². The van der Waals surface area contributed by atoms with Gasteiger partial charge in [0.05, 0.1) is 0 Å². The van der Waals surface area contributed by atoms with Crippen molar-refractivity contribution in [3.05, 3.63) is 29.6 Å². The summed E-state index contributed by atoms with van der Waals surface area (Å²) < 4.78 is 0. The minimum Gasteiger partial charge on any atom is -0.126 e. The highest BCUT2D eigenvalue weighted by Gasteiger charge is 2.13. The molecule has 0 fully saturated rings. The Morgan fingerprint density at radius 3 is 2.70 bits per heavy atom. The van der Waals surface area contributed by atoms with E-state index in [0.29, 0.717) is 5.75 Å². The van der Waals surface area contributed by atoms with Crippen molar-refractivity contribution in [3.8, 4) is 0 Å². The Kier molecular flexibility index (Phi) is 2.61. The van der Waals surface area contributed by atoms with E-state index in [-0.39, 0.29) is 0 Å². The van der Waals surface area contributed by atoms with Crippen molar-refractivity contribution in [1.82, 2.24) is 0 Å². The third-order valence-electron chi connectivity index (χ3n) is 1.74. The quantitative estimate of drug-likeness (QED) is 0.586. The van der Waals surface area contributed by atoms with Crippen LogP contribution in [-0.2, 0) is 0 Å². The minimum absolute atomic E-state index is 0.672. The molecular formula is C9H12S. The van der Waals surface area contributed by atoms with Gasteiger partial charge in [0.1, 0.15) is 0 Å². The first kappa shape index (κ1) is 7.93.